The summed E-state index contributed by atoms with van der Waals surface area (Å²) in [4.78, 5) is 42.0. The van der Waals surface area contributed by atoms with E-state index in [-0.39, 0.29) is 23.9 Å². The van der Waals surface area contributed by atoms with E-state index in [9.17, 15) is 9.59 Å². The Hall–Kier alpha value is -4.47. The highest BCUT2D eigenvalue weighted by Gasteiger charge is 2.37. The first kappa shape index (κ1) is 21.8. The molecule has 0 aromatic carbocycles. The molecule has 10 nitrogen and oxygen atoms in total. The number of hydrogen-bond donors (Lipinski definition) is 3. The van der Waals surface area contributed by atoms with E-state index in [0.717, 1.165) is 58.6 Å². The third kappa shape index (κ3) is 3.28. The number of carbonyl (C=O) groups excluding carboxylic acids is 2. The summed E-state index contributed by atoms with van der Waals surface area (Å²) in [6, 6.07) is 7.52. The van der Waals surface area contributed by atoms with Crippen molar-refractivity contribution in [2.45, 2.75) is 38.4 Å². The van der Waals surface area contributed by atoms with E-state index in [4.69, 9.17) is 9.97 Å². The first-order valence-electron chi connectivity index (χ1n) is 12.5. The first-order valence-corrected chi connectivity index (χ1v) is 12.5. The maximum atomic E-state index is 12.9. The lowest BCUT2D eigenvalue weighted by Gasteiger charge is -2.24. The van der Waals surface area contributed by atoms with Crippen LogP contribution in [-0.4, -0.2) is 43.9 Å². The van der Waals surface area contributed by atoms with E-state index in [2.05, 4.69) is 25.8 Å². The lowest BCUT2D eigenvalue weighted by Crippen LogP contribution is -2.41. The summed E-state index contributed by atoms with van der Waals surface area (Å²) in [5, 5.41) is 10.4. The molecule has 2 atom stereocenters. The number of rotatable bonds is 3. The fourth-order valence-corrected chi connectivity index (χ4v) is 5.88. The molecule has 10 heteroatoms. The highest BCUT2D eigenvalue weighted by atomic mass is 16.2. The van der Waals surface area contributed by atoms with E-state index < -0.39 is 0 Å². The Bertz CT molecular complexity index is 1610. The highest BCUT2D eigenvalue weighted by molar-refractivity contribution is 6.06. The van der Waals surface area contributed by atoms with Crippen LogP contribution in [0.2, 0.25) is 0 Å². The number of anilines is 3. The molecule has 2 amide bonds. The van der Waals surface area contributed by atoms with Gasteiger partial charge in [0.15, 0.2) is 0 Å². The molecule has 0 bridgehead atoms. The second-order valence-electron chi connectivity index (χ2n) is 9.89. The number of fused-ring (bicyclic) bond motifs is 5. The van der Waals surface area contributed by atoms with Crippen LogP contribution in [0, 0.1) is 0 Å². The van der Waals surface area contributed by atoms with E-state index in [1.807, 2.05) is 49.0 Å². The zero-order valence-corrected chi connectivity index (χ0v) is 20.6. The lowest BCUT2D eigenvalue weighted by molar-refractivity contribution is -0.122. The summed E-state index contributed by atoms with van der Waals surface area (Å²) in [6.07, 6.45) is 7.27. The van der Waals surface area contributed by atoms with Crippen molar-refractivity contribution < 1.29 is 9.59 Å². The summed E-state index contributed by atoms with van der Waals surface area (Å²) >= 11 is 0. The zero-order valence-electron chi connectivity index (χ0n) is 20.6. The number of nitrogens with one attached hydrogen (secondary N) is 3. The average Bonchev–Trinajstić information content (AvgIpc) is 3.62. The predicted molar refractivity (Wildman–Crippen MR) is 140 cm³/mol. The maximum Gasteiger partial charge on any atom is 0.254 e. The van der Waals surface area contributed by atoms with Crippen molar-refractivity contribution in [1.82, 2.24) is 30.2 Å². The third-order valence-corrected chi connectivity index (χ3v) is 7.65. The van der Waals surface area contributed by atoms with Gasteiger partial charge in [0, 0.05) is 49.0 Å². The average molecular weight is 495 g/mol. The first-order chi connectivity index (χ1) is 18.0. The fourth-order valence-electron chi connectivity index (χ4n) is 5.88. The van der Waals surface area contributed by atoms with E-state index in [1.165, 1.54) is 0 Å². The van der Waals surface area contributed by atoms with Crippen molar-refractivity contribution in [3.8, 4) is 11.3 Å². The molecule has 1 unspecified atom stereocenters. The Balaban J connectivity index is 1.29. The zero-order chi connectivity index (χ0) is 25.3. The summed E-state index contributed by atoms with van der Waals surface area (Å²) in [6.45, 7) is 3.20. The normalized spacial score (nSPS) is 20.2. The van der Waals surface area contributed by atoms with Crippen LogP contribution in [0.25, 0.3) is 22.3 Å². The Labute approximate surface area is 213 Å². The Morgan fingerprint density at radius 3 is 2.92 bits per heavy atom. The molecule has 37 heavy (non-hydrogen) atoms. The number of carbonyl (C=O) groups is 2. The Morgan fingerprint density at radius 1 is 1.14 bits per heavy atom. The molecule has 1 saturated heterocycles. The van der Waals surface area contributed by atoms with Gasteiger partial charge in [0.25, 0.3) is 5.91 Å². The molecule has 3 aliphatic heterocycles. The van der Waals surface area contributed by atoms with Gasteiger partial charge in [0.05, 0.1) is 40.6 Å². The minimum atomic E-state index is -0.218. The summed E-state index contributed by atoms with van der Waals surface area (Å²) < 4.78 is 1.97. The van der Waals surface area contributed by atoms with Crippen LogP contribution < -0.4 is 20.9 Å². The molecule has 0 saturated carbocycles. The van der Waals surface area contributed by atoms with Gasteiger partial charge >= 0.3 is 0 Å². The van der Waals surface area contributed by atoms with Crippen LogP contribution in [0.5, 0.6) is 0 Å². The van der Waals surface area contributed by atoms with Crippen LogP contribution >= 0.6 is 0 Å². The SMILES string of the molecule is CC1NC(=O)[C@H]2CCCN2c2ccc(Nc3cnc(-c4ccnc5c4ccn5C)c4c3C(=O)NC4)nc21. The van der Waals surface area contributed by atoms with Crippen molar-refractivity contribution >= 4 is 40.0 Å². The fraction of sp³-hybridized carbons (Fsp3) is 0.296. The van der Waals surface area contributed by atoms with Crippen LogP contribution in [0.3, 0.4) is 0 Å². The maximum absolute atomic E-state index is 12.9. The molecule has 7 heterocycles. The number of aromatic nitrogens is 4. The van der Waals surface area contributed by atoms with Crippen molar-refractivity contribution in [3.05, 3.63) is 59.7 Å². The molecule has 0 radical (unpaired) electrons. The van der Waals surface area contributed by atoms with Gasteiger partial charge in [-0.25, -0.2) is 9.97 Å². The van der Waals surface area contributed by atoms with Crippen molar-refractivity contribution in [3.63, 3.8) is 0 Å². The van der Waals surface area contributed by atoms with Crippen LogP contribution in [-0.2, 0) is 18.4 Å². The lowest BCUT2D eigenvalue weighted by atomic mass is 10.0. The third-order valence-electron chi connectivity index (χ3n) is 7.65. The Morgan fingerprint density at radius 2 is 2.03 bits per heavy atom. The van der Waals surface area contributed by atoms with Gasteiger partial charge in [0.2, 0.25) is 5.91 Å². The van der Waals surface area contributed by atoms with Gasteiger partial charge < -0.3 is 25.4 Å². The van der Waals surface area contributed by atoms with Crippen molar-refractivity contribution in [1.29, 1.82) is 0 Å². The minimum Gasteiger partial charge on any atom is -0.358 e. The molecule has 0 spiro atoms. The van der Waals surface area contributed by atoms with Gasteiger partial charge in [-0.2, -0.15) is 0 Å². The molecule has 4 aromatic rings. The van der Waals surface area contributed by atoms with E-state index >= 15 is 0 Å². The second-order valence-corrected chi connectivity index (χ2v) is 9.89. The molecule has 1 fully saturated rings. The topological polar surface area (TPSA) is 117 Å². The molecule has 0 aliphatic carbocycles. The number of pyridine rings is 3. The van der Waals surface area contributed by atoms with E-state index in [1.54, 1.807) is 12.4 Å². The van der Waals surface area contributed by atoms with Gasteiger partial charge in [-0.3, -0.25) is 14.6 Å². The van der Waals surface area contributed by atoms with Crippen LogP contribution in [0.4, 0.5) is 17.2 Å². The molecular formula is C27H26N8O2. The standard InChI is InChI=1S/C27H26N8O2/c1-14-23-19(35-10-3-4-20(35)26(36)31-14)5-6-21(33-23)32-18-13-29-24(17-12-30-27(37)22(17)18)15-7-9-28-25-16(15)8-11-34(25)2/h5-9,11,13-14,20H,3-4,10,12H2,1-2H3,(H,30,37)(H,31,36)(H,32,33)/t14?,20-/m1/s1. The number of amides is 2. The second kappa shape index (κ2) is 8.02. The largest absolute Gasteiger partial charge is 0.358 e. The molecular weight excluding hydrogens is 468 g/mol. The molecule has 3 N–H and O–H groups in total. The minimum absolute atomic E-state index is 0.0513. The smallest absolute Gasteiger partial charge is 0.254 e. The molecule has 4 aromatic heterocycles. The van der Waals surface area contributed by atoms with Crippen LogP contribution in [0.15, 0.2) is 42.9 Å². The van der Waals surface area contributed by atoms with Crippen molar-refractivity contribution in [2.75, 3.05) is 16.8 Å². The Kier molecular flexibility index (Phi) is 4.72. The van der Waals surface area contributed by atoms with Gasteiger partial charge in [-0.05, 0) is 44.0 Å². The summed E-state index contributed by atoms with van der Waals surface area (Å²) in [5.74, 6) is 0.508. The number of aryl methyl sites for hydroxylation is 1. The predicted octanol–water partition coefficient (Wildman–Crippen LogP) is 3.18. The van der Waals surface area contributed by atoms with Gasteiger partial charge in [-0.15, -0.1) is 0 Å². The number of nitrogens with zero attached hydrogens (tertiary/aromatic N) is 5. The molecule has 7 rings (SSSR count). The van der Waals surface area contributed by atoms with Gasteiger partial charge in [0.1, 0.15) is 17.5 Å². The summed E-state index contributed by atoms with van der Waals surface area (Å²) in [5.41, 5.74) is 6.40. The van der Waals surface area contributed by atoms with Gasteiger partial charge in [-0.1, -0.05) is 0 Å². The van der Waals surface area contributed by atoms with E-state index in [0.29, 0.717) is 23.6 Å². The molecule has 3 aliphatic rings. The highest BCUT2D eigenvalue weighted by Crippen LogP contribution is 2.38. The van der Waals surface area contributed by atoms with Crippen LogP contribution in [0.1, 0.15) is 47.4 Å². The quantitative estimate of drug-likeness (QED) is 0.400. The summed E-state index contributed by atoms with van der Waals surface area (Å²) in [7, 11) is 1.96. The van der Waals surface area contributed by atoms with Crippen molar-refractivity contribution in [2.24, 2.45) is 7.05 Å². The monoisotopic (exact) mass is 494 g/mol. The number of hydrogen-bond acceptors (Lipinski definition) is 7. The molecule has 186 valence electrons.